The number of aryl methyl sites for hydroxylation is 1. The Labute approximate surface area is 201 Å². The topological polar surface area (TPSA) is 52.7 Å². The minimum absolute atomic E-state index is 0.220. The van der Waals surface area contributed by atoms with Gasteiger partial charge in [0.1, 0.15) is 16.5 Å². The van der Waals surface area contributed by atoms with E-state index in [0.29, 0.717) is 21.7 Å². The quantitative estimate of drug-likeness (QED) is 0.275. The minimum atomic E-state index is -0.237. The fourth-order valence-electron chi connectivity index (χ4n) is 4.18. The molecule has 0 bridgehead atoms. The second-order valence-electron chi connectivity index (χ2n) is 9.70. The highest BCUT2D eigenvalue weighted by Crippen LogP contribution is 2.43. The number of nitrogens with zero attached hydrogens (tertiary/aromatic N) is 4. The Morgan fingerprint density at radius 1 is 1.18 bits per heavy atom. The van der Waals surface area contributed by atoms with Gasteiger partial charge < -0.3 is 4.57 Å². The van der Waals surface area contributed by atoms with Crippen molar-refractivity contribution < 1.29 is 4.79 Å². The van der Waals surface area contributed by atoms with Gasteiger partial charge in [0.2, 0.25) is 0 Å². The molecule has 1 unspecified atom stereocenters. The average molecular weight is 463 g/mol. The Balaban J connectivity index is 1.72. The van der Waals surface area contributed by atoms with E-state index in [4.69, 9.17) is 12.2 Å². The molecule has 0 radical (unpaired) electrons. The number of rotatable bonds is 5. The van der Waals surface area contributed by atoms with Crippen LogP contribution in [0.3, 0.4) is 0 Å². The Morgan fingerprint density at radius 2 is 1.91 bits per heavy atom. The van der Waals surface area contributed by atoms with E-state index in [1.165, 1.54) is 34.9 Å². The van der Waals surface area contributed by atoms with E-state index in [1.807, 2.05) is 26.1 Å². The van der Waals surface area contributed by atoms with Gasteiger partial charge in [-0.05, 0) is 56.1 Å². The summed E-state index contributed by atoms with van der Waals surface area (Å²) < 4.78 is 3.50. The van der Waals surface area contributed by atoms with Crippen molar-refractivity contribution in [2.45, 2.75) is 54.4 Å². The number of allylic oxidation sites excluding steroid dienone is 10. The SMILES string of the molecule is CC1=C(/C=C/C(C)=C/C=C/C(C)=C/C(=O)n2cnc3c(ncn3C)c2=S)C(C)(C)CCC1C. The summed E-state index contributed by atoms with van der Waals surface area (Å²) in [5.74, 6) is 0.410. The lowest BCUT2D eigenvalue weighted by Crippen LogP contribution is -2.23. The Bertz CT molecular complexity index is 1280. The molecule has 0 saturated carbocycles. The molecule has 0 aromatic carbocycles. The summed E-state index contributed by atoms with van der Waals surface area (Å²) in [6.45, 7) is 13.2. The molecule has 0 N–H and O–H groups in total. The average Bonchev–Trinajstić information content (AvgIpc) is 3.12. The molecule has 1 aliphatic carbocycles. The number of aromatic nitrogens is 4. The summed E-state index contributed by atoms with van der Waals surface area (Å²) >= 11 is 5.43. The molecule has 0 amide bonds. The minimum Gasteiger partial charge on any atom is -0.318 e. The van der Waals surface area contributed by atoms with Crippen LogP contribution in [0.4, 0.5) is 0 Å². The lowest BCUT2D eigenvalue weighted by Gasteiger charge is -2.36. The molecule has 2 aromatic heterocycles. The molecule has 1 atom stereocenters. The van der Waals surface area contributed by atoms with E-state index in [9.17, 15) is 4.79 Å². The number of imidazole rings is 1. The molecule has 0 spiro atoms. The van der Waals surface area contributed by atoms with Crippen LogP contribution >= 0.6 is 12.2 Å². The van der Waals surface area contributed by atoms with E-state index in [0.717, 1.165) is 11.1 Å². The third-order valence-electron chi connectivity index (χ3n) is 6.54. The molecule has 0 aliphatic heterocycles. The zero-order chi connectivity index (χ0) is 24.3. The summed E-state index contributed by atoms with van der Waals surface area (Å²) in [5, 5.41) is 0. The van der Waals surface area contributed by atoms with Gasteiger partial charge in [-0.2, -0.15) is 0 Å². The molecule has 5 nitrogen and oxygen atoms in total. The molecule has 0 saturated heterocycles. The molecular formula is C27H34N4OS. The summed E-state index contributed by atoms with van der Waals surface area (Å²) in [5.41, 5.74) is 6.38. The fraction of sp³-hybridized carbons (Fsp3) is 0.407. The van der Waals surface area contributed by atoms with Crippen LogP contribution in [0.2, 0.25) is 0 Å². The van der Waals surface area contributed by atoms with E-state index in [2.05, 4.69) is 62.8 Å². The maximum absolute atomic E-state index is 12.7. The largest absolute Gasteiger partial charge is 0.318 e. The number of carbonyl (C=O) groups excluding carboxylic acids is 1. The predicted octanol–water partition coefficient (Wildman–Crippen LogP) is 6.92. The lowest BCUT2D eigenvalue weighted by molar-refractivity contribution is 0.0965. The van der Waals surface area contributed by atoms with Gasteiger partial charge >= 0.3 is 0 Å². The van der Waals surface area contributed by atoms with Gasteiger partial charge in [-0.3, -0.25) is 9.36 Å². The van der Waals surface area contributed by atoms with Crippen molar-refractivity contribution in [1.82, 2.24) is 19.1 Å². The van der Waals surface area contributed by atoms with Gasteiger partial charge in [-0.15, -0.1) is 0 Å². The Hall–Kier alpha value is -2.86. The molecule has 3 rings (SSSR count). The summed E-state index contributed by atoms with van der Waals surface area (Å²) in [6, 6.07) is 0. The van der Waals surface area contributed by atoms with Crippen LogP contribution in [0, 0.1) is 16.0 Å². The predicted molar refractivity (Wildman–Crippen MR) is 139 cm³/mol. The molecule has 0 fully saturated rings. The van der Waals surface area contributed by atoms with Gasteiger partial charge in [-0.25, -0.2) is 9.97 Å². The zero-order valence-corrected chi connectivity index (χ0v) is 21.5. The van der Waals surface area contributed by atoms with Gasteiger partial charge in [-0.1, -0.05) is 74.5 Å². The summed E-state index contributed by atoms with van der Waals surface area (Å²) in [7, 11) is 1.84. The van der Waals surface area contributed by atoms with Crippen molar-refractivity contribution in [1.29, 1.82) is 0 Å². The first-order valence-corrected chi connectivity index (χ1v) is 11.8. The second kappa shape index (κ2) is 9.96. The monoisotopic (exact) mass is 462 g/mol. The highest BCUT2D eigenvalue weighted by molar-refractivity contribution is 7.71. The van der Waals surface area contributed by atoms with Crippen LogP contribution in [0.15, 0.2) is 71.4 Å². The fourth-order valence-corrected chi connectivity index (χ4v) is 4.46. The van der Waals surface area contributed by atoms with Crippen molar-refractivity contribution in [3.63, 3.8) is 0 Å². The number of carbonyl (C=O) groups is 1. The molecule has 6 heteroatoms. The van der Waals surface area contributed by atoms with Gasteiger partial charge in [0.25, 0.3) is 5.91 Å². The highest BCUT2D eigenvalue weighted by Gasteiger charge is 2.29. The van der Waals surface area contributed by atoms with Crippen LogP contribution in [0.1, 0.15) is 59.2 Å². The molecule has 2 aromatic rings. The van der Waals surface area contributed by atoms with Crippen LogP contribution in [0.5, 0.6) is 0 Å². The van der Waals surface area contributed by atoms with Crippen LogP contribution in [-0.4, -0.2) is 25.0 Å². The van der Waals surface area contributed by atoms with Crippen molar-refractivity contribution >= 4 is 29.3 Å². The zero-order valence-electron chi connectivity index (χ0n) is 20.7. The van der Waals surface area contributed by atoms with Gasteiger partial charge in [0.05, 0.1) is 6.33 Å². The van der Waals surface area contributed by atoms with Gasteiger partial charge in [0.15, 0.2) is 5.65 Å². The summed E-state index contributed by atoms with van der Waals surface area (Å²) in [4.78, 5) is 21.2. The third-order valence-corrected chi connectivity index (χ3v) is 6.93. The molecule has 2 heterocycles. The molecule has 33 heavy (non-hydrogen) atoms. The molecule has 1 aliphatic rings. The van der Waals surface area contributed by atoms with Gasteiger partial charge in [0, 0.05) is 13.1 Å². The van der Waals surface area contributed by atoms with Crippen LogP contribution < -0.4 is 0 Å². The van der Waals surface area contributed by atoms with Crippen molar-refractivity contribution in [2.24, 2.45) is 18.4 Å². The van der Waals surface area contributed by atoms with Crippen LogP contribution in [-0.2, 0) is 7.05 Å². The first-order chi connectivity index (χ1) is 15.5. The van der Waals surface area contributed by atoms with E-state index in [-0.39, 0.29) is 11.3 Å². The highest BCUT2D eigenvalue weighted by atomic mass is 32.1. The normalized spacial score (nSPS) is 19.9. The maximum atomic E-state index is 12.7. The van der Waals surface area contributed by atoms with E-state index >= 15 is 0 Å². The first kappa shape index (κ1) is 24.8. The van der Waals surface area contributed by atoms with Crippen LogP contribution in [0.25, 0.3) is 11.2 Å². The lowest BCUT2D eigenvalue weighted by atomic mass is 9.69. The standard InChI is InChI=1S/C27H34N4OS/c1-18(11-12-22-21(4)20(3)13-14-27(22,5)6)9-8-10-19(2)15-23(32)31-17-29-25-24(26(31)33)28-16-30(25)7/h8-12,15-17,20H,13-14H2,1-7H3/b10-8+,12-11+,18-9+,19-15+. The molecular weight excluding hydrogens is 428 g/mol. The van der Waals surface area contributed by atoms with E-state index in [1.54, 1.807) is 17.0 Å². The first-order valence-electron chi connectivity index (χ1n) is 11.4. The van der Waals surface area contributed by atoms with Crippen molar-refractivity contribution in [2.75, 3.05) is 0 Å². The number of fused-ring (bicyclic) bond motifs is 1. The maximum Gasteiger partial charge on any atom is 0.257 e. The van der Waals surface area contributed by atoms with E-state index < -0.39 is 0 Å². The smallest absolute Gasteiger partial charge is 0.257 e. The number of hydrogen-bond acceptors (Lipinski definition) is 4. The second-order valence-corrected chi connectivity index (χ2v) is 10.1. The van der Waals surface area contributed by atoms with Crippen molar-refractivity contribution in [3.05, 3.63) is 76.0 Å². The van der Waals surface area contributed by atoms with Crippen molar-refractivity contribution in [3.8, 4) is 0 Å². The summed E-state index contributed by atoms with van der Waals surface area (Å²) in [6.07, 6.45) is 17.5. The Kier molecular flexibility index (Phi) is 7.48. The molecule has 174 valence electrons. The Morgan fingerprint density at radius 3 is 2.64 bits per heavy atom. The third kappa shape index (κ3) is 5.56. The number of hydrogen-bond donors (Lipinski definition) is 0.